The van der Waals surface area contributed by atoms with Crippen LogP contribution in [0.5, 0.6) is 11.5 Å². The minimum Gasteiger partial charge on any atom is -0.488 e. The monoisotopic (exact) mass is 254 g/mol. The van der Waals surface area contributed by atoms with Crippen LogP contribution in [-0.4, -0.2) is 11.2 Å². The summed E-state index contributed by atoms with van der Waals surface area (Å²) in [6.07, 6.45) is 0. The molecule has 0 aliphatic carbocycles. The summed E-state index contributed by atoms with van der Waals surface area (Å²) in [6.45, 7) is 12.1. The molecule has 0 aromatic heterocycles. The highest BCUT2D eigenvalue weighted by atomic mass is 32.1. The second-order valence-corrected chi connectivity index (χ2v) is 6.61. The zero-order valence-electron chi connectivity index (χ0n) is 11.5. The first kappa shape index (κ1) is 14.2. The van der Waals surface area contributed by atoms with Crippen LogP contribution in [0.25, 0.3) is 0 Å². The fourth-order valence-electron chi connectivity index (χ4n) is 1.38. The van der Waals surface area contributed by atoms with Gasteiger partial charge in [-0.15, -0.1) is 12.6 Å². The molecule has 17 heavy (non-hydrogen) atoms. The van der Waals surface area contributed by atoms with Crippen LogP contribution in [-0.2, 0) is 0 Å². The summed E-state index contributed by atoms with van der Waals surface area (Å²) < 4.78 is 11.6. The first-order chi connectivity index (χ1) is 7.55. The Bertz CT molecular complexity index is 352. The van der Waals surface area contributed by atoms with E-state index in [-0.39, 0.29) is 11.2 Å². The molecule has 0 bridgehead atoms. The maximum absolute atomic E-state index is 5.81. The molecule has 2 nitrogen and oxygen atoms in total. The highest BCUT2D eigenvalue weighted by Gasteiger charge is 2.15. The summed E-state index contributed by atoms with van der Waals surface area (Å²) in [4.78, 5) is 0.839. The van der Waals surface area contributed by atoms with E-state index in [0.717, 1.165) is 16.4 Å². The molecule has 3 heteroatoms. The molecular weight excluding hydrogens is 232 g/mol. The fourth-order valence-corrected chi connectivity index (χ4v) is 1.64. The van der Waals surface area contributed by atoms with Gasteiger partial charge in [0.25, 0.3) is 0 Å². The zero-order chi connectivity index (χ0) is 13.3. The topological polar surface area (TPSA) is 18.5 Å². The summed E-state index contributed by atoms with van der Waals surface area (Å²) in [5.41, 5.74) is -0.443. The summed E-state index contributed by atoms with van der Waals surface area (Å²) in [5.74, 6) is 1.56. The molecule has 0 saturated carbocycles. The minimum atomic E-state index is -0.222. The van der Waals surface area contributed by atoms with Gasteiger partial charge in [0.2, 0.25) is 0 Å². The van der Waals surface area contributed by atoms with Crippen molar-refractivity contribution in [1.82, 2.24) is 0 Å². The number of ether oxygens (including phenoxy) is 2. The van der Waals surface area contributed by atoms with Gasteiger partial charge in [0.15, 0.2) is 0 Å². The van der Waals surface area contributed by atoms with E-state index in [4.69, 9.17) is 9.47 Å². The van der Waals surface area contributed by atoms with Crippen molar-refractivity contribution in [2.75, 3.05) is 0 Å². The van der Waals surface area contributed by atoms with E-state index in [2.05, 4.69) is 12.6 Å². The second kappa shape index (κ2) is 4.81. The third kappa shape index (κ3) is 5.87. The normalized spacial score (nSPS) is 12.4. The molecule has 0 amide bonds. The molecule has 1 rings (SSSR count). The van der Waals surface area contributed by atoms with E-state index < -0.39 is 0 Å². The predicted molar refractivity (Wildman–Crippen MR) is 74.5 cm³/mol. The van der Waals surface area contributed by atoms with E-state index in [9.17, 15) is 0 Å². The third-order valence-electron chi connectivity index (χ3n) is 1.71. The van der Waals surface area contributed by atoms with Crippen LogP contribution in [0.2, 0.25) is 0 Å². The highest BCUT2D eigenvalue weighted by molar-refractivity contribution is 7.80. The van der Waals surface area contributed by atoms with Crippen molar-refractivity contribution in [2.45, 2.75) is 57.6 Å². The van der Waals surface area contributed by atoms with Crippen molar-refractivity contribution in [3.05, 3.63) is 18.2 Å². The zero-order valence-corrected chi connectivity index (χ0v) is 12.4. The van der Waals surface area contributed by atoms with Crippen LogP contribution in [0.4, 0.5) is 0 Å². The average Bonchev–Trinajstić information content (AvgIpc) is 1.93. The highest BCUT2D eigenvalue weighted by Crippen LogP contribution is 2.29. The molecule has 0 heterocycles. The Labute approximate surface area is 110 Å². The van der Waals surface area contributed by atoms with Crippen LogP contribution in [0.15, 0.2) is 23.1 Å². The van der Waals surface area contributed by atoms with E-state index >= 15 is 0 Å². The maximum atomic E-state index is 5.81. The summed E-state index contributed by atoms with van der Waals surface area (Å²) >= 11 is 4.36. The van der Waals surface area contributed by atoms with Crippen molar-refractivity contribution in [1.29, 1.82) is 0 Å². The van der Waals surface area contributed by atoms with E-state index in [1.807, 2.05) is 59.7 Å². The summed E-state index contributed by atoms with van der Waals surface area (Å²) in [5, 5.41) is 0. The van der Waals surface area contributed by atoms with Crippen molar-refractivity contribution < 1.29 is 9.47 Å². The van der Waals surface area contributed by atoms with Crippen LogP contribution >= 0.6 is 12.6 Å². The Morgan fingerprint density at radius 2 is 1.12 bits per heavy atom. The SMILES string of the molecule is CC(C)(C)Oc1cc(S)cc(OC(C)(C)C)c1. The number of benzene rings is 1. The van der Waals surface area contributed by atoms with Gasteiger partial charge in [0, 0.05) is 11.0 Å². The van der Waals surface area contributed by atoms with Crippen LogP contribution in [0, 0.1) is 0 Å². The second-order valence-electron chi connectivity index (χ2n) is 6.09. The largest absolute Gasteiger partial charge is 0.488 e. The molecule has 1 aromatic carbocycles. The van der Waals surface area contributed by atoms with Gasteiger partial charge in [0.05, 0.1) is 0 Å². The Hall–Kier alpha value is -0.830. The first-order valence-corrected chi connectivity index (χ1v) is 6.22. The average molecular weight is 254 g/mol. The lowest BCUT2D eigenvalue weighted by Crippen LogP contribution is -2.24. The Morgan fingerprint density at radius 1 is 0.765 bits per heavy atom. The van der Waals surface area contributed by atoms with Gasteiger partial charge in [-0.1, -0.05) is 0 Å². The minimum absolute atomic E-state index is 0.222. The molecule has 0 atom stereocenters. The fraction of sp³-hybridized carbons (Fsp3) is 0.571. The number of hydrogen-bond donors (Lipinski definition) is 1. The van der Waals surface area contributed by atoms with E-state index in [1.54, 1.807) is 0 Å². The molecule has 0 unspecified atom stereocenters. The standard InChI is InChI=1S/C14H22O2S/c1-13(2,3)15-10-7-11(9-12(17)8-10)16-14(4,5)6/h7-9,17H,1-6H3. The number of thiol groups is 1. The lowest BCUT2D eigenvalue weighted by atomic mass is 10.2. The van der Waals surface area contributed by atoms with Crippen molar-refractivity contribution in [3.8, 4) is 11.5 Å². The summed E-state index contributed by atoms with van der Waals surface area (Å²) in [7, 11) is 0. The third-order valence-corrected chi connectivity index (χ3v) is 1.97. The van der Waals surface area contributed by atoms with Crippen molar-refractivity contribution in [2.24, 2.45) is 0 Å². The number of hydrogen-bond acceptors (Lipinski definition) is 3. The molecule has 0 saturated heterocycles. The smallest absolute Gasteiger partial charge is 0.124 e. The van der Waals surface area contributed by atoms with Gasteiger partial charge >= 0.3 is 0 Å². The van der Waals surface area contributed by atoms with Gasteiger partial charge in [-0.25, -0.2) is 0 Å². The van der Waals surface area contributed by atoms with Gasteiger partial charge < -0.3 is 9.47 Å². The van der Waals surface area contributed by atoms with Crippen LogP contribution < -0.4 is 9.47 Å². The summed E-state index contributed by atoms with van der Waals surface area (Å²) in [6, 6.07) is 5.68. The lowest BCUT2D eigenvalue weighted by molar-refractivity contribution is 0.120. The van der Waals surface area contributed by atoms with Crippen LogP contribution in [0.3, 0.4) is 0 Å². The first-order valence-electron chi connectivity index (χ1n) is 5.77. The van der Waals surface area contributed by atoms with E-state index in [0.29, 0.717) is 0 Å². The van der Waals surface area contributed by atoms with Crippen molar-refractivity contribution >= 4 is 12.6 Å². The maximum Gasteiger partial charge on any atom is 0.124 e. The van der Waals surface area contributed by atoms with Gasteiger partial charge in [-0.05, 0) is 53.7 Å². The molecule has 0 spiro atoms. The van der Waals surface area contributed by atoms with Gasteiger partial charge in [-0.2, -0.15) is 0 Å². The van der Waals surface area contributed by atoms with Gasteiger partial charge in [-0.3, -0.25) is 0 Å². The molecular formula is C14H22O2S. The molecule has 0 aliphatic heterocycles. The predicted octanol–water partition coefficient (Wildman–Crippen LogP) is 4.33. The molecule has 0 aliphatic rings. The van der Waals surface area contributed by atoms with Crippen LogP contribution in [0.1, 0.15) is 41.5 Å². The van der Waals surface area contributed by atoms with Gasteiger partial charge in [0.1, 0.15) is 22.7 Å². The molecule has 0 N–H and O–H groups in total. The number of rotatable bonds is 2. The molecule has 96 valence electrons. The Morgan fingerprint density at radius 3 is 1.41 bits per heavy atom. The molecule has 1 aromatic rings. The molecule has 0 radical (unpaired) electrons. The van der Waals surface area contributed by atoms with E-state index in [1.165, 1.54) is 0 Å². The Balaban J connectivity index is 2.95. The quantitative estimate of drug-likeness (QED) is 0.792. The Kier molecular flexibility index (Phi) is 4.03. The van der Waals surface area contributed by atoms with Crippen molar-refractivity contribution in [3.63, 3.8) is 0 Å². The molecule has 0 fully saturated rings. The lowest BCUT2D eigenvalue weighted by Gasteiger charge is -2.24.